The summed E-state index contributed by atoms with van der Waals surface area (Å²) in [6.07, 6.45) is 0. The SMILES string of the molecule is CCOc1cccc(N2C(=O)C(O)=C(C(=O)c3cc4cccc(OC)c4o3)C2c2ccc(O)c(OCC)c2)c1. The molecule has 9 nitrogen and oxygen atoms in total. The van der Waals surface area contributed by atoms with Gasteiger partial charge in [-0.3, -0.25) is 14.5 Å². The van der Waals surface area contributed by atoms with Crippen LogP contribution in [-0.4, -0.2) is 42.2 Å². The number of hydrogen-bond acceptors (Lipinski definition) is 8. The summed E-state index contributed by atoms with van der Waals surface area (Å²) in [6, 6.07) is 17.1. The number of anilines is 1. The van der Waals surface area contributed by atoms with Crippen molar-refractivity contribution in [1.29, 1.82) is 0 Å². The summed E-state index contributed by atoms with van der Waals surface area (Å²) in [5, 5.41) is 22.0. The predicted octanol–water partition coefficient (Wildman–Crippen LogP) is 5.73. The van der Waals surface area contributed by atoms with Crippen molar-refractivity contribution in [1.82, 2.24) is 0 Å². The molecule has 0 fully saturated rings. The number of Topliss-reactive ketones (excluding diaryl/α,β-unsaturated/α-hetero) is 1. The van der Waals surface area contributed by atoms with E-state index in [0.29, 0.717) is 40.3 Å². The van der Waals surface area contributed by atoms with E-state index in [9.17, 15) is 19.8 Å². The van der Waals surface area contributed by atoms with E-state index in [1.165, 1.54) is 18.1 Å². The van der Waals surface area contributed by atoms with E-state index in [0.717, 1.165) is 0 Å². The minimum absolute atomic E-state index is 0.0671. The van der Waals surface area contributed by atoms with Crippen molar-refractivity contribution in [3.63, 3.8) is 0 Å². The van der Waals surface area contributed by atoms with Gasteiger partial charge in [0, 0.05) is 17.1 Å². The van der Waals surface area contributed by atoms with Gasteiger partial charge in [-0.05, 0) is 55.8 Å². The highest BCUT2D eigenvalue weighted by atomic mass is 16.5. The monoisotopic (exact) mass is 529 g/mol. The topological polar surface area (TPSA) is 119 Å². The lowest BCUT2D eigenvalue weighted by Crippen LogP contribution is -2.31. The first kappa shape index (κ1) is 25.7. The second kappa shape index (κ2) is 10.4. The zero-order valence-corrected chi connectivity index (χ0v) is 21.6. The van der Waals surface area contributed by atoms with E-state index >= 15 is 0 Å². The largest absolute Gasteiger partial charge is 0.504 e. The molecule has 4 aromatic rings. The number of amides is 1. The number of aliphatic hydroxyl groups is 1. The number of aliphatic hydroxyl groups excluding tert-OH is 1. The van der Waals surface area contributed by atoms with Gasteiger partial charge in [0.25, 0.3) is 5.91 Å². The molecule has 1 aliphatic rings. The Kier molecular flexibility index (Phi) is 6.89. The maximum atomic E-state index is 13.9. The molecule has 1 aliphatic heterocycles. The standard InChI is InChI=1S/C30H27NO8/c1-4-37-20-10-7-9-19(16-20)31-26(17-12-13-21(32)23(14-17)38-5-2)25(28(34)30(31)35)27(33)24-15-18-8-6-11-22(36-3)29(18)39-24/h6-16,26,32,34H,4-5H2,1-3H3. The number of carbonyl (C=O) groups is 2. The van der Waals surface area contributed by atoms with Crippen molar-refractivity contribution >= 4 is 28.3 Å². The molecule has 0 saturated heterocycles. The third kappa shape index (κ3) is 4.52. The number of fused-ring (bicyclic) bond motifs is 1. The van der Waals surface area contributed by atoms with Gasteiger partial charge in [0.05, 0.1) is 31.9 Å². The number of rotatable bonds is 9. The summed E-state index contributed by atoms with van der Waals surface area (Å²) in [4.78, 5) is 28.8. The number of para-hydroxylation sites is 1. The number of aromatic hydroxyl groups is 1. The van der Waals surface area contributed by atoms with E-state index in [2.05, 4.69) is 0 Å². The lowest BCUT2D eigenvalue weighted by Gasteiger charge is -2.27. The number of furan rings is 1. The molecule has 0 aliphatic carbocycles. The second-order valence-electron chi connectivity index (χ2n) is 8.75. The Bertz CT molecular complexity index is 1600. The van der Waals surface area contributed by atoms with Gasteiger partial charge >= 0.3 is 0 Å². The molecule has 0 spiro atoms. The number of phenols is 1. The molecule has 2 heterocycles. The van der Waals surface area contributed by atoms with Gasteiger partial charge in [-0.25, -0.2) is 0 Å². The Morgan fingerprint density at radius 1 is 0.949 bits per heavy atom. The second-order valence-corrected chi connectivity index (χ2v) is 8.75. The average Bonchev–Trinajstić information content (AvgIpc) is 3.49. The van der Waals surface area contributed by atoms with Crippen LogP contribution in [0, 0.1) is 0 Å². The minimum atomic E-state index is -1.06. The molecule has 39 heavy (non-hydrogen) atoms. The first-order valence-electron chi connectivity index (χ1n) is 12.4. The van der Waals surface area contributed by atoms with Gasteiger partial charge in [0.1, 0.15) is 5.75 Å². The number of benzene rings is 3. The third-order valence-corrected chi connectivity index (χ3v) is 6.41. The maximum absolute atomic E-state index is 13.9. The summed E-state index contributed by atoms with van der Waals surface area (Å²) < 4.78 is 22.4. The summed E-state index contributed by atoms with van der Waals surface area (Å²) in [5.41, 5.74) is 1.04. The van der Waals surface area contributed by atoms with E-state index < -0.39 is 23.5 Å². The smallest absolute Gasteiger partial charge is 0.294 e. The fourth-order valence-corrected chi connectivity index (χ4v) is 4.72. The fraction of sp³-hybridized carbons (Fsp3) is 0.200. The minimum Gasteiger partial charge on any atom is -0.504 e. The van der Waals surface area contributed by atoms with Gasteiger partial charge in [0.2, 0.25) is 5.78 Å². The highest BCUT2D eigenvalue weighted by Crippen LogP contribution is 2.45. The van der Waals surface area contributed by atoms with E-state index in [1.54, 1.807) is 67.6 Å². The number of ketones is 1. The molecular formula is C30H27NO8. The molecule has 0 bridgehead atoms. The lowest BCUT2D eigenvalue weighted by atomic mass is 9.94. The van der Waals surface area contributed by atoms with Crippen LogP contribution in [0.2, 0.25) is 0 Å². The molecule has 1 amide bonds. The Morgan fingerprint density at radius 2 is 1.72 bits per heavy atom. The number of carbonyl (C=O) groups excluding carboxylic acids is 2. The maximum Gasteiger partial charge on any atom is 0.294 e. The molecule has 3 aromatic carbocycles. The third-order valence-electron chi connectivity index (χ3n) is 6.41. The molecule has 1 aromatic heterocycles. The first-order valence-corrected chi connectivity index (χ1v) is 12.4. The Balaban J connectivity index is 1.67. The van der Waals surface area contributed by atoms with E-state index in [4.69, 9.17) is 18.6 Å². The van der Waals surface area contributed by atoms with Crippen LogP contribution in [0.1, 0.15) is 36.0 Å². The van der Waals surface area contributed by atoms with Crippen LogP contribution in [0.25, 0.3) is 11.0 Å². The Hall–Kier alpha value is -4.92. The number of methoxy groups -OCH3 is 1. The Labute approximate surface area is 224 Å². The zero-order chi connectivity index (χ0) is 27.7. The summed E-state index contributed by atoms with van der Waals surface area (Å²) in [6.45, 7) is 4.32. The molecular weight excluding hydrogens is 502 g/mol. The van der Waals surface area contributed by atoms with Gasteiger partial charge in [-0.15, -0.1) is 0 Å². The Morgan fingerprint density at radius 3 is 2.46 bits per heavy atom. The number of ether oxygens (including phenoxy) is 3. The van der Waals surface area contributed by atoms with Crippen molar-refractivity contribution in [3.8, 4) is 23.0 Å². The van der Waals surface area contributed by atoms with Crippen LogP contribution in [0.4, 0.5) is 5.69 Å². The molecule has 5 rings (SSSR count). The molecule has 0 radical (unpaired) electrons. The molecule has 9 heteroatoms. The van der Waals surface area contributed by atoms with Gasteiger partial charge in [0.15, 0.2) is 34.4 Å². The van der Waals surface area contributed by atoms with Crippen molar-refractivity contribution in [2.45, 2.75) is 19.9 Å². The van der Waals surface area contributed by atoms with Crippen LogP contribution < -0.4 is 19.1 Å². The molecule has 200 valence electrons. The van der Waals surface area contributed by atoms with Gasteiger partial charge < -0.3 is 28.8 Å². The molecule has 1 unspecified atom stereocenters. The number of hydrogen-bond donors (Lipinski definition) is 2. The molecule has 2 N–H and O–H groups in total. The van der Waals surface area contributed by atoms with Crippen LogP contribution in [0.5, 0.6) is 23.0 Å². The quantitative estimate of drug-likeness (QED) is 0.264. The number of nitrogens with zero attached hydrogens (tertiary/aromatic N) is 1. The van der Waals surface area contributed by atoms with Crippen LogP contribution in [0.15, 0.2) is 82.5 Å². The van der Waals surface area contributed by atoms with Gasteiger partial charge in [-0.1, -0.05) is 24.3 Å². The predicted molar refractivity (Wildman–Crippen MR) is 144 cm³/mol. The van der Waals surface area contributed by atoms with E-state index in [1.807, 2.05) is 6.92 Å². The van der Waals surface area contributed by atoms with Crippen molar-refractivity contribution in [2.75, 3.05) is 25.2 Å². The van der Waals surface area contributed by atoms with Crippen molar-refractivity contribution in [2.24, 2.45) is 0 Å². The van der Waals surface area contributed by atoms with Crippen LogP contribution in [0.3, 0.4) is 0 Å². The normalized spacial score (nSPS) is 15.2. The highest BCUT2D eigenvalue weighted by Gasteiger charge is 2.45. The first-order chi connectivity index (χ1) is 18.9. The zero-order valence-electron chi connectivity index (χ0n) is 21.6. The fourth-order valence-electron chi connectivity index (χ4n) is 4.72. The molecule has 0 saturated carbocycles. The number of phenolic OH excluding ortho intramolecular Hbond substituents is 1. The highest BCUT2D eigenvalue weighted by molar-refractivity contribution is 6.20. The average molecular weight is 530 g/mol. The summed E-state index contributed by atoms with van der Waals surface area (Å²) >= 11 is 0. The summed E-state index contributed by atoms with van der Waals surface area (Å²) in [7, 11) is 1.49. The van der Waals surface area contributed by atoms with Crippen molar-refractivity contribution in [3.05, 3.63) is 89.4 Å². The lowest BCUT2D eigenvalue weighted by molar-refractivity contribution is -0.117. The van der Waals surface area contributed by atoms with Crippen molar-refractivity contribution < 1.29 is 38.4 Å². The van der Waals surface area contributed by atoms with E-state index in [-0.39, 0.29) is 29.4 Å². The van der Waals surface area contributed by atoms with Gasteiger partial charge in [-0.2, -0.15) is 0 Å². The van der Waals surface area contributed by atoms with Crippen LogP contribution in [-0.2, 0) is 4.79 Å². The summed E-state index contributed by atoms with van der Waals surface area (Å²) in [5.74, 6) is -1.16. The van der Waals surface area contributed by atoms with Crippen LogP contribution >= 0.6 is 0 Å². The molecule has 1 atom stereocenters.